The number of carbonyl (C=O) groups excluding carboxylic acids is 1. The first kappa shape index (κ1) is 20.6. The van der Waals surface area contributed by atoms with Crippen LogP contribution in [0.4, 0.5) is 5.69 Å². The molecule has 1 aliphatic rings. The van der Waals surface area contributed by atoms with Gasteiger partial charge in [0, 0.05) is 43.4 Å². The highest BCUT2D eigenvalue weighted by atomic mass is 35.5. The fourth-order valence-electron chi connectivity index (χ4n) is 3.59. The standard InChI is InChI=1S/C20H22ClN5O3S/c1-12(2)11-26-18(27)16-15(22-20(26)29)17(30-23-16)19(28)25-9-7-24(8-10-25)14-5-3-13(21)4-6-14/h3-6,12H,7-11H2,1-2H3,(H,22,29). The highest BCUT2D eigenvalue weighted by Gasteiger charge is 2.27. The molecule has 10 heteroatoms. The molecule has 1 aliphatic heterocycles. The number of anilines is 1. The minimum absolute atomic E-state index is 0.137. The fraction of sp³-hybridized carbons (Fsp3) is 0.400. The zero-order valence-electron chi connectivity index (χ0n) is 16.7. The van der Waals surface area contributed by atoms with Crippen molar-refractivity contribution in [2.45, 2.75) is 20.4 Å². The first-order valence-electron chi connectivity index (χ1n) is 9.77. The van der Waals surface area contributed by atoms with Gasteiger partial charge in [-0.3, -0.25) is 14.2 Å². The molecular weight excluding hydrogens is 426 g/mol. The van der Waals surface area contributed by atoms with E-state index in [4.69, 9.17) is 11.6 Å². The maximum Gasteiger partial charge on any atom is 0.328 e. The molecular formula is C20H22ClN5O3S. The van der Waals surface area contributed by atoms with E-state index in [1.54, 1.807) is 4.90 Å². The average molecular weight is 448 g/mol. The molecule has 8 nitrogen and oxygen atoms in total. The number of piperazine rings is 1. The SMILES string of the molecule is CC(C)Cn1c(=O)[nH]c2c(C(=O)N3CCN(c4ccc(Cl)cc4)CC3)snc2c1=O. The van der Waals surface area contributed by atoms with Crippen molar-refractivity contribution in [1.29, 1.82) is 0 Å². The van der Waals surface area contributed by atoms with Crippen LogP contribution in [0.25, 0.3) is 11.0 Å². The van der Waals surface area contributed by atoms with Crippen LogP contribution in [-0.4, -0.2) is 50.9 Å². The maximum atomic E-state index is 13.1. The molecule has 0 atom stereocenters. The largest absolute Gasteiger partial charge is 0.368 e. The van der Waals surface area contributed by atoms with Crippen LogP contribution in [0.5, 0.6) is 0 Å². The number of nitrogens with one attached hydrogen (secondary N) is 1. The topological polar surface area (TPSA) is 91.3 Å². The quantitative estimate of drug-likeness (QED) is 0.663. The van der Waals surface area contributed by atoms with Crippen molar-refractivity contribution in [1.82, 2.24) is 18.8 Å². The van der Waals surface area contributed by atoms with Crippen LogP contribution in [0.1, 0.15) is 23.5 Å². The minimum Gasteiger partial charge on any atom is -0.368 e. The van der Waals surface area contributed by atoms with Gasteiger partial charge in [-0.2, -0.15) is 4.37 Å². The van der Waals surface area contributed by atoms with Gasteiger partial charge >= 0.3 is 5.69 Å². The molecule has 3 heterocycles. The Morgan fingerprint density at radius 2 is 1.83 bits per heavy atom. The Morgan fingerprint density at radius 1 is 1.17 bits per heavy atom. The highest BCUT2D eigenvalue weighted by molar-refractivity contribution is 7.09. The third-order valence-corrected chi connectivity index (χ3v) is 6.20. The predicted octanol–water partition coefficient (Wildman–Crippen LogP) is 2.42. The lowest BCUT2D eigenvalue weighted by atomic mass is 10.2. The lowest BCUT2D eigenvalue weighted by molar-refractivity contribution is 0.0753. The Balaban J connectivity index is 1.55. The van der Waals surface area contributed by atoms with Gasteiger partial charge < -0.3 is 14.8 Å². The molecule has 1 amide bonds. The molecule has 1 fully saturated rings. The van der Waals surface area contributed by atoms with E-state index in [1.165, 1.54) is 0 Å². The molecule has 30 heavy (non-hydrogen) atoms. The van der Waals surface area contributed by atoms with Gasteiger partial charge in [0.15, 0.2) is 5.52 Å². The van der Waals surface area contributed by atoms with Crippen LogP contribution in [0.2, 0.25) is 5.02 Å². The third-order valence-electron chi connectivity index (χ3n) is 5.12. The van der Waals surface area contributed by atoms with E-state index in [1.807, 2.05) is 38.1 Å². The van der Waals surface area contributed by atoms with Crippen molar-refractivity contribution in [2.24, 2.45) is 5.92 Å². The summed E-state index contributed by atoms with van der Waals surface area (Å²) in [5, 5.41) is 0.686. The summed E-state index contributed by atoms with van der Waals surface area (Å²) in [6, 6.07) is 7.62. The molecule has 3 aromatic rings. The van der Waals surface area contributed by atoms with E-state index in [0.29, 0.717) is 42.6 Å². The van der Waals surface area contributed by atoms with Crippen LogP contribution in [0.15, 0.2) is 33.9 Å². The number of H-pyrrole nitrogens is 1. The molecule has 0 bridgehead atoms. The van der Waals surface area contributed by atoms with Crippen LogP contribution >= 0.6 is 23.1 Å². The predicted molar refractivity (Wildman–Crippen MR) is 119 cm³/mol. The molecule has 0 unspecified atom stereocenters. The van der Waals surface area contributed by atoms with E-state index in [2.05, 4.69) is 14.3 Å². The van der Waals surface area contributed by atoms with Crippen LogP contribution in [-0.2, 0) is 6.54 Å². The summed E-state index contributed by atoms with van der Waals surface area (Å²) in [6.45, 7) is 6.59. The zero-order valence-corrected chi connectivity index (χ0v) is 18.3. The van der Waals surface area contributed by atoms with Gasteiger partial charge in [0.1, 0.15) is 4.88 Å². The molecule has 1 aromatic carbocycles. The first-order valence-corrected chi connectivity index (χ1v) is 10.9. The number of hydrogen-bond donors (Lipinski definition) is 1. The second-order valence-electron chi connectivity index (χ2n) is 7.73. The summed E-state index contributed by atoms with van der Waals surface area (Å²) in [5.41, 5.74) is 0.474. The van der Waals surface area contributed by atoms with E-state index in [-0.39, 0.29) is 22.9 Å². The normalized spacial score (nSPS) is 14.7. The number of amides is 1. The number of benzene rings is 1. The summed E-state index contributed by atoms with van der Waals surface area (Å²) in [6.07, 6.45) is 0. The van der Waals surface area contributed by atoms with E-state index in [9.17, 15) is 14.4 Å². The molecule has 1 N–H and O–H groups in total. The molecule has 4 rings (SSSR count). The molecule has 0 radical (unpaired) electrons. The van der Waals surface area contributed by atoms with Crippen LogP contribution in [0.3, 0.4) is 0 Å². The number of rotatable bonds is 4. The van der Waals surface area contributed by atoms with Gasteiger partial charge in [-0.25, -0.2) is 4.79 Å². The molecule has 0 saturated carbocycles. The Morgan fingerprint density at radius 3 is 2.47 bits per heavy atom. The lowest BCUT2D eigenvalue weighted by Crippen LogP contribution is -2.48. The number of aromatic amines is 1. The Bertz CT molecular complexity index is 1190. The number of fused-ring (bicyclic) bond motifs is 1. The molecule has 0 spiro atoms. The second kappa shape index (κ2) is 8.23. The van der Waals surface area contributed by atoms with Crippen molar-refractivity contribution in [3.05, 3.63) is 55.0 Å². The summed E-state index contributed by atoms with van der Waals surface area (Å²) in [7, 11) is 0. The van der Waals surface area contributed by atoms with Crippen LogP contribution in [0, 0.1) is 5.92 Å². The van der Waals surface area contributed by atoms with Gasteiger partial charge in [-0.05, 0) is 41.7 Å². The third kappa shape index (κ3) is 3.87. The minimum atomic E-state index is -0.511. The summed E-state index contributed by atoms with van der Waals surface area (Å²) < 4.78 is 5.33. The van der Waals surface area contributed by atoms with Gasteiger partial charge in [-0.1, -0.05) is 25.4 Å². The smallest absolute Gasteiger partial charge is 0.328 e. The lowest BCUT2D eigenvalue weighted by Gasteiger charge is -2.36. The molecule has 1 saturated heterocycles. The van der Waals surface area contributed by atoms with Crippen molar-refractivity contribution >= 4 is 45.8 Å². The summed E-state index contributed by atoms with van der Waals surface area (Å²) in [5.74, 6) is -0.0761. The van der Waals surface area contributed by atoms with Gasteiger partial charge in [0.25, 0.3) is 11.5 Å². The Hall–Kier alpha value is -2.65. The first-order chi connectivity index (χ1) is 14.3. The highest BCUT2D eigenvalue weighted by Crippen LogP contribution is 2.22. The van der Waals surface area contributed by atoms with Gasteiger partial charge in [0.2, 0.25) is 0 Å². The van der Waals surface area contributed by atoms with Gasteiger partial charge in [0.05, 0.1) is 5.52 Å². The number of aromatic nitrogens is 3. The van der Waals surface area contributed by atoms with Crippen molar-refractivity contribution in [2.75, 3.05) is 31.1 Å². The fourth-order valence-corrected chi connectivity index (χ4v) is 4.51. The van der Waals surface area contributed by atoms with E-state index >= 15 is 0 Å². The monoisotopic (exact) mass is 447 g/mol. The van der Waals surface area contributed by atoms with Crippen molar-refractivity contribution in [3.63, 3.8) is 0 Å². The second-order valence-corrected chi connectivity index (χ2v) is 8.94. The van der Waals surface area contributed by atoms with Crippen LogP contribution < -0.4 is 16.1 Å². The van der Waals surface area contributed by atoms with E-state index in [0.717, 1.165) is 21.8 Å². The molecule has 158 valence electrons. The number of hydrogen-bond acceptors (Lipinski definition) is 6. The number of halogens is 1. The summed E-state index contributed by atoms with van der Waals surface area (Å²) >= 11 is 6.91. The zero-order chi connectivity index (χ0) is 21.4. The number of carbonyl (C=O) groups is 1. The summed E-state index contributed by atoms with van der Waals surface area (Å²) in [4.78, 5) is 45.1. The average Bonchev–Trinajstić information content (AvgIpc) is 3.15. The maximum absolute atomic E-state index is 13.1. The van der Waals surface area contributed by atoms with Crippen molar-refractivity contribution in [3.8, 4) is 0 Å². The van der Waals surface area contributed by atoms with Gasteiger partial charge in [-0.15, -0.1) is 0 Å². The van der Waals surface area contributed by atoms with Crippen molar-refractivity contribution < 1.29 is 4.79 Å². The molecule has 0 aliphatic carbocycles. The van der Waals surface area contributed by atoms with E-state index < -0.39 is 11.2 Å². The Kier molecular flexibility index (Phi) is 5.66. The Labute approximate surface area is 181 Å². The number of nitrogens with zero attached hydrogens (tertiary/aromatic N) is 4. The molecule has 2 aromatic heterocycles.